The second-order valence-corrected chi connectivity index (χ2v) is 5.03. The van der Waals surface area contributed by atoms with Crippen molar-refractivity contribution in [2.24, 2.45) is 0 Å². The second-order valence-electron chi connectivity index (χ2n) is 4.60. The number of hydrogen-bond donors (Lipinski definition) is 0. The van der Waals surface area contributed by atoms with Gasteiger partial charge in [-0.15, -0.1) is 0 Å². The van der Waals surface area contributed by atoms with E-state index in [1.807, 2.05) is 0 Å². The second kappa shape index (κ2) is 7.56. The number of hydrogen-bond acceptors (Lipinski definition) is 5. The molecule has 0 aliphatic carbocycles. The molecular weight excluding hydrogens is 320 g/mol. The van der Waals surface area contributed by atoms with Gasteiger partial charge >= 0.3 is 5.97 Å². The van der Waals surface area contributed by atoms with Crippen LogP contribution in [0.2, 0.25) is 5.02 Å². The van der Waals surface area contributed by atoms with Crippen LogP contribution in [0.5, 0.6) is 11.5 Å². The number of ether oxygens (including phenoxy) is 2. The van der Waals surface area contributed by atoms with Gasteiger partial charge < -0.3 is 9.47 Å². The van der Waals surface area contributed by atoms with Crippen LogP contribution in [0.15, 0.2) is 48.5 Å². The lowest BCUT2D eigenvalue weighted by molar-refractivity contribution is -0.151. The third-order valence-corrected chi connectivity index (χ3v) is 3.21. The molecule has 0 aliphatic rings. The minimum Gasteiger partial charge on any atom is -0.463 e. The lowest BCUT2D eigenvalue weighted by Gasteiger charge is -2.06. The molecule has 0 saturated carbocycles. The van der Waals surface area contributed by atoms with E-state index in [0.29, 0.717) is 22.1 Å². The zero-order chi connectivity index (χ0) is 16.8. The van der Waals surface area contributed by atoms with Crippen molar-refractivity contribution >= 4 is 29.1 Å². The first-order valence-electron chi connectivity index (χ1n) is 6.67. The molecule has 0 atom stereocenters. The Kier molecular flexibility index (Phi) is 5.49. The summed E-state index contributed by atoms with van der Waals surface area (Å²) in [7, 11) is 1.09. The maximum absolute atomic E-state index is 11.9. The molecule has 0 bridgehead atoms. The van der Waals surface area contributed by atoms with Crippen LogP contribution in [0, 0.1) is 0 Å². The quantitative estimate of drug-likeness (QED) is 0.351. The van der Waals surface area contributed by atoms with Crippen molar-refractivity contribution in [2.45, 2.75) is 6.42 Å². The van der Waals surface area contributed by atoms with Gasteiger partial charge in [-0.05, 0) is 48.5 Å². The van der Waals surface area contributed by atoms with Gasteiger partial charge in [0, 0.05) is 10.6 Å². The molecule has 0 saturated heterocycles. The topological polar surface area (TPSA) is 69.7 Å². The number of methoxy groups -OCH3 is 1. The third-order valence-electron chi connectivity index (χ3n) is 2.96. The lowest BCUT2D eigenvalue weighted by Crippen LogP contribution is -2.19. The monoisotopic (exact) mass is 332 g/mol. The standard InChI is InChI=1S/C17H13ClO5/c1-22-17(21)16(20)10-15(19)11-2-6-13(7-3-11)23-14-8-4-12(18)5-9-14/h2-9H,10H2,1H3. The molecule has 6 heteroatoms. The number of benzene rings is 2. The van der Waals surface area contributed by atoms with E-state index in [1.54, 1.807) is 36.4 Å². The van der Waals surface area contributed by atoms with Crippen molar-refractivity contribution in [3.63, 3.8) is 0 Å². The van der Waals surface area contributed by atoms with Crippen molar-refractivity contribution < 1.29 is 23.9 Å². The van der Waals surface area contributed by atoms with E-state index < -0.39 is 24.0 Å². The van der Waals surface area contributed by atoms with Gasteiger partial charge in [0.25, 0.3) is 0 Å². The van der Waals surface area contributed by atoms with Crippen LogP contribution in [0.25, 0.3) is 0 Å². The van der Waals surface area contributed by atoms with E-state index >= 15 is 0 Å². The molecule has 2 aromatic rings. The fraction of sp³-hybridized carbons (Fsp3) is 0.118. The van der Waals surface area contributed by atoms with Crippen LogP contribution in [0.3, 0.4) is 0 Å². The highest BCUT2D eigenvalue weighted by Gasteiger charge is 2.19. The first-order chi connectivity index (χ1) is 11.0. The van der Waals surface area contributed by atoms with E-state index in [2.05, 4.69) is 4.74 Å². The Hall–Kier alpha value is -2.66. The molecule has 0 aliphatic heterocycles. The zero-order valence-corrected chi connectivity index (χ0v) is 13.0. The maximum Gasteiger partial charge on any atom is 0.374 e. The minimum absolute atomic E-state index is 0.311. The van der Waals surface area contributed by atoms with Gasteiger partial charge in [0.15, 0.2) is 5.78 Å². The molecule has 2 rings (SSSR count). The van der Waals surface area contributed by atoms with Gasteiger partial charge in [0.1, 0.15) is 11.5 Å². The number of ketones is 2. The predicted molar refractivity (Wildman–Crippen MR) is 83.9 cm³/mol. The van der Waals surface area contributed by atoms with E-state index in [-0.39, 0.29) is 0 Å². The van der Waals surface area contributed by atoms with Crippen LogP contribution >= 0.6 is 11.6 Å². The number of carbonyl (C=O) groups excluding carboxylic acids is 3. The molecule has 0 N–H and O–H groups in total. The third kappa shape index (κ3) is 4.66. The van der Waals surface area contributed by atoms with Crippen LogP contribution in [-0.4, -0.2) is 24.6 Å². The van der Waals surface area contributed by atoms with E-state index in [9.17, 15) is 14.4 Å². The zero-order valence-electron chi connectivity index (χ0n) is 12.2. The molecule has 0 fully saturated rings. The Morgan fingerprint density at radius 2 is 1.43 bits per heavy atom. The van der Waals surface area contributed by atoms with Crippen LogP contribution in [0.1, 0.15) is 16.8 Å². The summed E-state index contributed by atoms with van der Waals surface area (Å²) in [6.45, 7) is 0. The maximum atomic E-state index is 11.9. The van der Waals surface area contributed by atoms with Crippen molar-refractivity contribution in [3.05, 3.63) is 59.1 Å². The molecule has 0 spiro atoms. The first kappa shape index (κ1) is 16.7. The Balaban J connectivity index is 2.01. The predicted octanol–water partition coefficient (Wildman–Crippen LogP) is 3.45. The number of Topliss-reactive ketones (excluding diaryl/α,β-unsaturated/α-hetero) is 2. The summed E-state index contributed by atoms with van der Waals surface area (Å²) in [6, 6.07) is 13.1. The van der Waals surface area contributed by atoms with Crippen LogP contribution in [0.4, 0.5) is 0 Å². The van der Waals surface area contributed by atoms with Gasteiger partial charge in [-0.3, -0.25) is 9.59 Å². The number of halogens is 1. The van der Waals surface area contributed by atoms with Crippen molar-refractivity contribution in [1.29, 1.82) is 0 Å². The fourth-order valence-electron chi connectivity index (χ4n) is 1.78. The van der Waals surface area contributed by atoms with Gasteiger partial charge in [0.05, 0.1) is 13.5 Å². The SMILES string of the molecule is COC(=O)C(=O)CC(=O)c1ccc(Oc2ccc(Cl)cc2)cc1. The molecule has 118 valence electrons. The first-order valence-corrected chi connectivity index (χ1v) is 7.05. The Morgan fingerprint density at radius 3 is 1.96 bits per heavy atom. The molecule has 23 heavy (non-hydrogen) atoms. The lowest BCUT2D eigenvalue weighted by atomic mass is 10.1. The average molecular weight is 333 g/mol. The van der Waals surface area contributed by atoms with Crippen molar-refractivity contribution in [3.8, 4) is 11.5 Å². The van der Waals surface area contributed by atoms with Crippen LogP contribution in [-0.2, 0) is 14.3 Å². The Morgan fingerprint density at radius 1 is 0.913 bits per heavy atom. The summed E-state index contributed by atoms with van der Waals surface area (Å²) in [6.07, 6.45) is -0.524. The summed E-state index contributed by atoms with van der Waals surface area (Å²) in [5, 5.41) is 0.605. The van der Waals surface area contributed by atoms with Crippen molar-refractivity contribution in [1.82, 2.24) is 0 Å². The highest BCUT2D eigenvalue weighted by atomic mass is 35.5. The van der Waals surface area contributed by atoms with E-state index in [1.165, 1.54) is 12.1 Å². The largest absolute Gasteiger partial charge is 0.463 e. The minimum atomic E-state index is -1.03. The summed E-state index contributed by atoms with van der Waals surface area (Å²) < 4.78 is 9.87. The summed E-state index contributed by atoms with van der Waals surface area (Å²) in [5.41, 5.74) is 0.311. The van der Waals surface area contributed by atoms with Gasteiger partial charge in [-0.2, -0.15) is 0 Å². The summed E-state index contributed by atoms with van der Waals surface area (Å²) in [4.78, 5) is 34.3. The highest BCUT2D eigenvalue weighted by molar-refractivity contribution is 6.38. The molecule has 0 amide bonds. The highest BCUT2D eigenvalue weighted by Crippen LogP contribution is 2.23. The number of rotatable bonds is 6. The number of esters is 1. The molecule has 0 unspecified atom stereocenters. The Bertz CT molecular complexity index is 720. The summed E-state index contributed by atoms with van der Waals surface area (Å²) >= 11 is 5.79. The normalized spacial score (nSPS) is 10.0. The Labute approximate surface area is 137 Å². The molecule has 5 nitrogen and oxygen atoms in total. The summed E-state index contributed by atoms with van der Waals surface area (Å²) in [5.74, 6) is -1.23. The molecule has 2 aromatic carbocycles. The smallest absolute Gasteiger partial charge is 0.374 e. The fourth-order valence-corrected chi connectivity index (χ4v) is 1.91. The molecule has 0 heterocycles. The average Bonchev–Trinajstić information content (AvgIpc) is 2.56. The van der Waals surface area contributed by atoms with E-state index in [4.69, 9.17) is 16.3 Å². The molecular formula is C17H13ClO5. The molecule has 0 aromatic heterocycles. The van der Waals surface area contributed by atoms with E-state index in [0.717, 1.165) is 7.11 Å². The number of carbonyl (C=O) groups is 3. The van der Waals surface area contributed by atoms with Gasteiger partial charge in [-0.25, -0.2) is 4.79 Å². The molecule has 0 radical (unpaired) electrons. The van der Waals surface area contributed by atoms with Gasteiger partial charge in [-0.1, -0.05) is 11.6 Å². The van der Waals surface area contributed by atoms with Crippen LogP contribution < -0.4 is 4.74 Å². The van der Waals surface area contributed by atoms with Crippen molar-refractivity contribution in [2.75, 3.05) is 7.11 Å². The van der Waals surface area contributed by atoms with Gasteiger partial charge in [0.2, 0.25) is 5.78 Å².